The Morgan fingerprint density at radius 3 is 3.07 bits per heavy atom. The van der Waals surface area contributed by atoms with E-state index in [4.69, 9.17) is 0 Å². The van der Waals surface area contributed by atoms with E-state index >= 15 is 0 Å². The number of aromatic nitrogens is 2. The third-order valence-corrected chi connectivity index (χ3v) is 2.85. The van der Waals surface area contributed by atoms with Gasteiger partial charge in [-0.3, -0.25) is 0 Å². The molecule has 1 atom stereocenters. The molecule has 0 spiro atoms. The molecule has 0 radical (unpaired) electrons. The van der Waals surface area contributed by atoms with Crippen LogP contribution in [0.5, 0.6) is 0 Å². The zero-order chi connectivity index (χ0) is 10.5. The number of nitrogens with zero attached hydrogens (tertiary/aromatic N) is 2. The van der Waals surface area contributed by atoms with Crippen molar-refractivity contribution in [2.24, 2.45) is 5.92 Å². The first-order valence-electron chi connectivity index (χ1n) is 5.71. The number of aliphatic hydroxyl groups excluding tert-OH is 1. The van der Waals surface area contributed by atoms with Gasteiger partial charge in [-0.25, -0.2) is 4.98 Å². The molecule has 1 unspecified atom stereocenters. The standard InChI is InChI=1S/C11H19N3O/c15-11(10-2-3-10)8-12-4-1-6-14-7-5-13-9-14/h5,7,9-12,15H,1-4,6,8H2. The lowest BCUT2D eigenvalue weighted by Crippen LogP contribution is -2.29. The van der Waals surface area contributed by atoms with Gasteiger partial charge in [-0.1, -0.05) is 0 Å². The Kier molecular flexibility index (Phi) is 3.75. The van der Waals surface area contributed by atoms with Crippen molar-refractivity contribution in [2.75, 3.05) is 13.1 Å². The van der Waals surface area contributed by atoms with E-state index in [-0.39, 0.29) is 6.10 Å². The maximum Gasteiger partial charge on any atom is 0.0945 e. The van der Waals surface area contributed by atoms with Crippen LogP contribution in [0.3, 0.4) is 0 Å². The van der Waals surface area contributed by atoms with Crippen molar-refractivity contribution >= 4 is 0 Å². The van der Waals surface area contributed by atoms with E-state index in [9.17, 15) is 5.11 Å². The molecule has 1 heterocycles. The predicted molar refractivity (Wildman–Crippen MR) is 58.4 cm³/mol. The summed E-state index contributed by atoms with van der Waals surface area (Å²) in [6.45, 7) is 2.70. The van der Waals surface area contributed by atoms with E-state index in [1.807, 2.05) is 12.5 Å². The van der Waals surface area contributed by atoms with Crippen LogP contribution in [0.15, 0.2) is 18.7 Å². The lowest BCUT2D eigenvalue weighted by molar-refractivity contribution is 0.149. The summed E-state index contributed by atoms with van der Waals surface area (Å²) in [5, 5.41) is 12.9. The van der Waals surface area contributed by atoms with Gasteiger partial charge in [0, 0.05) is 25.5 Å². The smallest absolute Gasteiger partial charge is 0.0945 e. The van der Waals surface area contributed by atoms with Gasteiger partial charge in [-0.15, -0.1) is 0 Å². The zero-order valence-electron chi connectivity index (χ0n) is 8.97. The molecule has 4 nitrogen and oxygen atoms in total. The minimum absolute atomic E-state index is 0.127. The molecule has 0 aromatic carbocycles. The summed E-state index contributed by atoms with van der Waals surface area (Å²) in [5.41, 5.74) is 0. The summed E-state index contributed by atoms with van der Waals surface area (Å²) in [4.78, 5) is 3.98. The highest BCUT2D eigenvalue weighted by Gasteiger charge is 2.28. The Labute approximate surface area is 90.3 Å². The molecule has 1 aliphatic carbocycles. The van der Waals surface area contributed by atoms with Crippen LogP contribution in [0, 0.1) is 5.92 Å². The lowest BCUT2D eigenvalue weighted by atomic mass is 10.2. The largest absolute Gasteiger partial charge is 0.392 e. The van der Waals surface area contributed by atoms with Gasteiger partial charge in [0.2, 0.25) is 0 Å². The SMILES string of the molecule is OC(CNCCCn1ccnc1)C1CC1. The first kappa shape index (κ1) is 10.6. The lowest BCUT2D eigenvalue weighted by Gasteiger charge is -2.10. The number of hydrogen-bond donors (Lipinski definition) is 2. The molecule has 1 saturated carbocycles. The Hall–Kier alpha value is -0.870. The normalized spacial score (nSPS) is 17.9. The summed E-state index contributed by atoms with van der Waals surface area (Å²) in [7, 11) is 0. The summed E-state index contributed by atoms with van der Waals surface area (Å²) >= 11 is 0. The highest BCUT2D eigenvalue weighted by Crippen LogP contribution is 2.32. The van der Waals surface area contributed by atoms with Crippen LogP contribution in [-0.4, -0.2) is 33.9 Å². The number of nitrogens with one attached hydrogen (secondary N) is 1. The van der Waals surface area contributed by atoms with E-state index in [0.717, 1.165) is 26.1 Å². The van der Waals surface area contributed by atoms with Gasteiger partial charge in [0.1, 0.15) is 0 Å². The fourth-order valence-corrected chi connectivity index (χ4v) is 1.70. The fourth-order valence-electron chi connectivity index (χ4n) is 1.70. The Balaban J connectivity index is 1.48. The molecule has 4 heteroatoms. The molecule has 1 aromatic rings. The molecule has 15 heavy (non-hydrogen) atoms. The van der Waals surface area contributed by atoms with Gasteiger partial charge in [-0.2, -0.15) is 0 Å². The highest BCUT2D eigenvalue weighted by molar-refractivity contribution is 4.82. The molecular formula is C11H19N3O. The van der Waals surface area contributed by atoms with Crippen LogP contribution in [0.1, 0.15) is 19.3 Å². The Bertz CT molecular complexity index is 269. The van der Waals surface area contributed by atoms with Crippen molar-refractivity contribution in [2.45, 2.75) is 31.9 Å². The summed E-state index contributed by atoms with van der Waals surface area (Å²) in [5.74, 6) is 0.575. The zero-order valence-corrected chi connectivity index (χ0v) is 8.97. The van der Waals surface area contributed by atoms with Crippen LogP contribution in [-0.2, 0) is 6.54 Å². The first-order valence-corrected chi connectivity index (χ1v) is 5.71. The van der Waals surface area contributed by atoms with Gasteiger partial charge in [-0.05, 0) is 31.7 Å². The fraction of sp³-hybridized carbons (Fsp3) is 0.727. The quantitative estimate of drug-likeness (QED) is 0.648. The van der Waals surface area contributed by atoms with Crippen LogP contribution in [0.25, 0.3) is 0 Å². The van der Waals surface area contributed by atoms with Gasteiger partial charge in [0.05, 0.1) is 12.4 Å². The maximum atomic E-state index is 9.59. The average molecular weight is 209 g/mol. The van der Waals surface area contributed by atoms with Crippen LogP contribution >= 0.6 is 0 Å². The van der Waals surface area contributed by atoms with Gasteiger partial charge >= 0.3 is 0 Å². The van der Waals surface area contributed by atoms with E-state index in [1.54, 1.807) is 6.20 Å². The van der Waals surface area contributed by atoms with Crippen molar-refractivity contribution in [3.05, 3.63) is 18.7 Å². The monoisotopic (exact) mass is 209 g/mol. The van der Waals surface area contributed by atoms with Gasteiger partial charge in [0.15, 0.2) is 0 Å². The number of aryl methyl sites for hydroxylation is 1. The molecule has 1 fully saturated rings. The second-order valence-corrected chi connectivity index (χ2v) is 4.26. The summed E-state index contributed by atoms with van der Waals surface area (Å²) in [6, 6.07) is 0. The van der Waals surface area contributed by atoms with Crippen molar-refractivity contribution < 1.29 is 5.11 Å². The van der Waals surface area contributed by atoms with Crippen molar-refractivity contribution in [3.63, 3.8) is 0 Å². The maximum absolute atomic E-state index is 9.59. The number of rotatable bonds is 7. The average Bonchev–Trinajstić information content (AvgIpc) is 2.97. The molecule has 2 rings (SSSR count). The topological polar surface area (TPSA) is 50.1 Å². The molecule has 2 N–H and O–H groups in total. The second kappa shape index (κ2) is 5.28. The van der Waals surface area contributed by atoms with E-state index in [1.165, 1.54) is 12.8 Å². The molecule has 0 bridgehead atoms. The van der Waals surface area contributed by atoms with Crippen molar-refractivity contribution in [1.82, 2.24) is 14.9 Å². The molecule has 0 saturated heterocycles. The molecule has 84 valence electrons. The van der Waals surface area contributed by atoms with Gasteiger partial charge in [0.25, 0.3) is 0 Å². The minimum atomic E-state index is -0.127. The molecular weight excluding hydrogens is 190 g/mol. The third-order valence-electron chi connectivity index (χ3n) is 2.85. The first-order chi connectivity index (χ1) is 7.36. The van der Waals surface area contributed by atoms with Gasteiger partial charge < -0.3 is 15.0 Å². The molecule has 1 aromatic heterocycles. The van der Waals surface area contributed by atoms with Crippen molar-refractivity contribution in [1.29, 1.82) is 0 Å². The molecule has 0 aliphatic heterocycles. The second-order valence-electron chi connectivity index (χ2n) is 4.26. The van der Waals surface area contributed by atoms with E-state index in [0.29, 0.717) is 5.92 Å². The molecule has 1 aliphatic rings. The Morgan fingerprint density at radius 1 is 1.53 bits per heavy atom. The summed E-state index contributed by atoms with van der Waals surface area (Å²) < 4.78 is 2.07. The number of aliphatic hydroxyl groups is 1. The molecule has 0 amide bonds. The summed E-state index contributed by atoms with van der Waals surface area (Å²) in [6.07, 6.45) is 8.96. The minimum Gasteiger partial charge on any atom is -0.392 e. The predicted octanol–water partition coefficient (Wildman–Crippen LogP) is 0.634. The van der Waals surface area contributed by atoms with E-state index in [2.05, 4.69) is 14.9 Å². The van der Waals surface area contributed by atoms with E-state index < -0.39 is 0 Å². The Morgan fingerprint density at radius 2 is 2.40 bits per heavy atom. The van der Waals surface area contributed by atoms with Crippen LogP contribution in [0.2, 0.25) is 0 Å². The number of hydrogen-bond acceptors (Lipinski definition) is 3. The van der Waals surface area contributed by atoms with Crippen LogP contribution in [0.4, 0.5) is 0 Å². The van der Waals surface area contributed by atoms with Crippen LogP contribution < -0.4 is 5.32 Å². The van der Waals surface area contributed by atoms with Crippen molar-refractivity contribution in [3.8, 4) is 0 Å². The number of imidazole rings is 1. The highest BCUT2D eigenvalue weighted by atomic mass is 16.3. The third kappa shape index (κ3) is 3.64.